The van der Waals surface area contributed by atoms with E-state index in [1.807, 2.05) is 26.0 Å². The van der Waals surface area contributed by atoms with Crippen molar-refractivity contribution in [2.24, 2.45) is 5.92 Å². The Morgan fingerprint density at radius 1 is 1.14 bits per heavy atom. The topological polar surface area (TPSA) is 83.8 Å². The summed E-state index contributed by atoms with van der Waals surface area (Å²) in [4.78, 5) is 30.3. The Hall–Kier alpha value is -3.23. The molecule has 0 spiro atoms. The van der Waals surface area contributed by atoms with Gasteiger partial charge in [-0.25, -0.2) is 4.39 Å². The van der Waals surface area contributed by atoms with Crippen molar-refractivity contribution in [3.63, 3.8) is 0 Å². The van der Waals surface area contributed by atoms with Crippen LogP contribution >= 0.6 is 0 Å². The van der Waals surface area contributed by atoms with E-state index in [1.54, 1.807) is 22.8 Å². The minimum absolute atomic E-state index is 0.225. The van der Waals surface area contributed by atoms with Crippen molar-refractivity contribution in [3.8, 4) is 5.75 Å². The van der Waals surface area contributed by atoms with Gasteiger partial charge in [-0.1, -0.05) is 45.1 Å². The molecule has 0 unspecified atom stereocenters. The average Bonchev–Trinajstić information content (AvgIpc) is 2.99. The number of hydrogen-bond donors (Lipinski definition) is 2. The lowest BCUT2D eigenvalue weighted by Gasteiger charge is -2.39. The molecule has 7 nitrogen and oxygen atoms in total. The molecule has 42 heavy (non-hydrogen) atoms. The normalized spacial score (nSPS) is 22.9. The number of ether oxygens (including phenoxy) is 1. The molecule has 228 valence electrons. The monoisotopic (exact) mass is 579 g/mol. The van der Waals surface area contributed by atoms with Gasteiger partial charge in [0.15, 0.2) is 0 Å². The fourth-order valence-electron chi connectivity index (χ4n) is 6.11. The van der Waals surface area contributed by atoms with Crippen LogP contribution in [0.25, 0.3) is 17.7 Å². The molecule has 0 radical (unpaired) electrons. The summed E-state index contributed by atoms with van der Waals surface area (Å²) < 4.78 is 20.8. The van der Waals surface area contributed by atoms with Crippen LogP contribution < -0.4 is 21.4 Å². The Bertz CT molecular complexity index is 1450. The predicted octanol–water partition coefficient (Wildman–Crippen LogP) is 4.19. The van der Waals surface area contributed by atoms with Gasteiger partial charge in [-0.05, 0) is 80.7 Å². The summed E-state index contributed by atoms with van der Waals surface area (Å²) in [7, 11) is 0. The zero-order chi connectivity index (χ0) is 30.3. The van der Waals surface area contributed by atoms with Crippen LogP contribution in [0.4, 0.5) is 4.39 Å². The number of nitrogens with one attached hydrogen (secondary N) is 1. The molecule has 1 saturated carbocycles. The molecule has 1 aliphatic heterocycles. The Morgan fingerprint density at radius 3 is 2.40 bits per heavy atom. The number of carbonyl (C=O) groups is 1. The van der Waals surface area contributed by atoms with Crippen molar-refractivity contribution >= 4 is 23.6 Å². The molecular formula is C34H46FN3O4. The molecule has 2 aromatic rings. The Labute approximate surface area is 248 Å². The van der Waals surface area contributed by atoms with Gasteiger partial charge in [-0.2, -0.15) is 0 Å². The molecule has 1 aliphatic carbocycles. The van der Waals surface area contributed by atoms with Gasteiger partial charge < -0.3 is 19.7 Å². The molecular weight excluding hydrogens is 533 g/mol. The van der Waals surface area contributed by atoms with Crippen molar-refractivity contribution in [2.45, 2.75) is 78.3 Å². The number of benzene rings is 1. The summed E-state index contributed by atoms with van der Waals surface area (Å²) >= 11 is 0. The van der Waals surface area contributed by atoms with E-state index in [4.69, 9.17) is 4.74 Å². The number of allylic oxidation sites excluding steroid dienone is 2. The minimum atomic E-state index is -0.532. The van der Waals surface area contributed by atoms with Gasteiger partial charge in [0.25, 0.3) is 11.5 Å². The van der Waals surface area contributed by atoms with E-state index in [0.717, 1.165) is 56.3 Å². The molecule has 2 heterocycles. The van der Waals surface area contributed by atoms with Crippen molar-refractivity contribution in [3.05, 3.63) is 68.2 Å². The molecule has 2 fully saturated rings. The predicted molar refractivity (Wildman–Crippen MR) is 166 cm³/mol. The maximum atomic E-state index is 14.1. The molecule has 1 saturated heterocycles. The lowest BCUT2D eigenvalue weighted by Crippen LogP contribution is -2.54. The Balaban J connectivity index is 1.88. The molecule has 0 bridgehead atoms. The van der Waals surface area contributed by atoms with E-state index in [-0.39, 0.29) is 17.1 Å². The number of hydrogen-bond acceptors (Lipinski definition) is 5. The second kappa shape index (κ2) is 14.3. The number of nitrogens with zero attached hydrogens (tertiary/aromatic N) is 2. The summed E-state index contributed by atoms with van der Waals surface area (Å²) in [6, 6.07) is 6.14. The van der Waals surface area contributed by atoms with Gasteiger partial charge in [0.05, 0.1) is 18.6 Å². The van der Waals surface area contributed by atoms with Gasteiger partial charge in [0.1, 0.15) is 17.1 Å². The van der Waals surface area contributed by atoms with Crippen LogP contribution in [0.3, 0.4) is 0 Å². The largest absolute Gasteiger partial charge is 0.506 e. The second-order valence-corrected chi connectivity index (χ2v) is 11.7. The standard InChI is InChI=1S/C34H46FN3O4/c1-5-8-29-28(23-25(6-2)26-9-11-27(35)12-10-26)31(39)30(32(40)36-34(7-3)15-13-24(4)14-16-34)33(41)38(29)18-17-37-19-21-42-22-20-37/h6,8-12,23-24,39H,5,7,13-22H2,1-4H3,(H,36,40)/b25-6+,28-23+,29-8-. The number of aromatic nitrogens is 1. The maximum absolute atomic E-state index is 14.1. The van der Waals surface area contributed by atoms with Crippen molar-refractivity contribution in [1.82, 2.24) is 14.8 Å². The molecule has 1 aromatic carbocycles. The number of aromatic hydroxyl groups is 1. The number of amides is 1. The first-order valence-corrected chi connectivity index (χ1v) is 15.4. The highest BCUT2D eigenvalue weighted by Gasteiger charge is 2.35. The van der Waals surface area contributed by atoms with Gasteiger partial charge in [0.2, 0.25) is 0 Å². The van der Waals surface area contributed by atoms with Gasteiger partial charge >= 0.3 is 0 Å². The fourth-order valence-corrected chi connectivity index (χ4v) is 6.11. The smallest absolute Gasteiger partial charge is 0.267 e. The van der Waals surface area contributed by atoms with E-state index in [9.17, 15) is 19.1 Å². The second-order valence-electron chi connectivity index (χ2n) is 11.7. The van der Waals surface area contributed by atoms with Crippen LogP contribution in [0, 0.1) is 11.7 Å². The van der Waals surface area contributed by atoms with E-state index >= 15 is 0 Å². The number of halogens is 1. The number of morpholine rings is 1. The highest BCUT2D eigenvalue weighted by atomic mass is 19.1. The molecule has 2 aliphatic rings. The molecule has 8 heteroatoms. The first kappa shape index (κ1) is 31.7. The highest BCUT2D eigenvalue weighted by molar-refractivity contribution is 5.98. The van der Waals surface area contributed by atoms with Crippen LogP contribution in [-0.2, 0) is 11.3 Å². The van der Waals surface area contributed by atoms with Crippen molar-refractivity contribution in [1.29, 1.82) is 0 Å². The average molecular weight is 580 g/mol. The summed E-state index contributed by atoms with van der Waals surface area (Å²) in [5.74, 6) is -0.593. The zero-order valence-corrected chi connectivity index (χ0v) is 25.5. The van der Waals surface area contributed by atoms with E-state index in [1.165, 1.54) is 12.1 Å². The number of pyridine rings is 1. The molecule has 1 aromatic heterocycles. The molecule has 2 N–H and O–H groups in total. The first-order chi connectivity index (χ1) is 20.2. The highest BCUT2D eigenvalue weighted by Crippen LogP contribution is 2.34. The summed E-state index contributed by atoms with van der Waals surface area (Å²) in [6.45, 7) is 12.0. The molecule has 0 atom stereocenters. The van der Waals surface area contributed by atoms with Crippen LogP contribution in [0.2, 0.25) is 0 Å². The Morgan fingerprint density at radius 2 is 1.81 bits per heavy atom. The number of carbonyl (C=O) groups excluding carboxylic acids is 1. The maximum Gasteiger partial charge on any atom is 0.267 e. The summed E-state index contributed by atoms with van der Waals surface area (Å²) in [5, 5.41) is 15.9. The Kier molecular flexibility index (Phi) is 10.8. The molecule has 1 amide bonds. The summed E-state index contributed by atoms with van der Waals surface area (Å²) in [6.07, 6.45) is 10.7. The van der Waals surface area contributed by atoms with Gasteiger partial charge in [0, 0.05) is 36.9 Å². The zero-order valence-electron chi connectivity index (χ0n) is 25.5. The van der Waals surface area contributed by atoms with Crippen molar-refractivity contribution < 1.29 is 19.0 Å². The van der Waals surface area contributed by atoms with Crippen LogP contribution in [0.15, 0.2) is 35.1 Å². The first-order valence-electron chi connectivity index (χ1n) is 15.4. The van der Waals surface area contributed by atoms with E-state index in [0.29, 0.717) is 49.2 Å². The van der Waals surface area contributed by atoms with Gasteiger partial charge in [-0.3, -0.25) is 14.5 Å². The van der Waals surface area contributed by atoms with E-state index < -0.39 is 17.0 Å². The van der Waals surface area contributed by atoms with Crippen LogP contribution in [-0.4, -0.2) is 58.9 Å². The van der Waals surface area contributed by atoms with E-state index in [2.05, 4.69) is 24.1 Å². The minimum Gasteiger partial charge on any atom is -0.506 e. The van der Waals surface area contributed by atoms with Gasteiger partial charge in [-0.15, -0.1) is 0 Å². The van der Waals surface area contributed by atoms with Crippen LogP contribution in [0.1, 0.15) is 82.1 Å². The van der Waals surface area contributed by atoms with Crippen LogP contribution in [0.5, 0.6) is 5.75 Å². The third-order valence-corrected chi connectivity index (χ3v) is 8.96. The SMILES string of the molecule is C\C=C(/C=c1/c(O)c(C(=O)NC2(CC)CCC(C)CC2)c(=O)n(CCN2CCOCC2)/c1=C\CC)c1ccc(F)cc1. The fraction of sp³-hybridized carbons (Fsp3) is 0.529. The van der Waals surface area contributed by atoms with Crippen molar-refractivity contribution in [2.75, 3.05) is 32.8 Å². The summed E-state index contributed by atoms with van der Waals surface area (Å²) in [5.41, 5.74) is 0.389. The third kappa shape index (κ3) is 7.21. The number of rotatable bonds is 9. The molecule has 4 rings (SSSR count). The quantitative estimate of drug-likeness (QED) is 0.466. The lowest BCUT2D eigenvalue weighted by molar-refractivity contribution is 0.0361. The third-order valence-electron chi connectivity index (χ3n) is 8.96. The lowest BCUT2D eigenvalue weighted by atomic mass is 9.75.